The molecule has 32 heavy (non-hydrogen) atoms. The molecule has 7 nitrogen and oxygen atoms in total. The zero-order valence-electron chi connectivity index (χ0n) is 18.5. The summed E-state index contributed by atoms with van der Waals surface area (Å²) in [5.41, 5.74) is 7.90. The maximum Gasteiger partial charge on any atom is 0.174 e. The number of pyridine rings is 1. The summed E-state index contributed by atoms with van der Waals surface area (Å²) in [6, 6.07) is 14.6. The Labute approximate surface area is 192 Å². The van der Waals surface area contributed by atoms with Crippen molar-refractivity contribution in [2.24, 2.45) is 0 Å². The van der Waals surface area contributed by atoms with Gasteiger partial charge in [-0.15, -0.1) is 10.2 Å². The van der Waals surface area contributed by atoms with E-state index in [9.17, 15) is 0 Å². The molecule has 2 atom stereocenters. The Kier molecular flexibility index (Phi) is 5.01. The molecular formula is C24H25N7S. The van der Waals surface area contributed by atoms with Crippen LogP contribution < -0.4 is 10.2 Å². The van der Waals surface area contributed by atoms with Crippen LogP contribution >= 0.6 is 12.2 Å². The molecule has 1 aliphatic rings. The fourth-order valence-corrected chi connectivity index (χ4v) is 4.90. The van der Waals surface area contributed by atoms with Crippen LogP contribution in [0, 0.1) is 27.7 Å². The van der Waals surface area contributed by atoms with E-state index in [1.54, 1.807) is 12.7 Å². The lowest BCUT2D eigenvalue weighted by Gasteiger charge is -2.28. The Morgan fingerprint density at radius 3 is 2.41 bits per heavy atom. The van der Waals surface area contributed by atoms with Crippen molar-refractivity contribution in [1.82, 2.24) is 29.9 Å². The van der Waals surface area contributed by atoms with E-state index in [1.165, 1.54) is 16.7 Å². The number of nitrogens with one attached hydrogen (secondary N) is 1. The number of aryl methyl sites for hydroxylation is 3. The summed E-state index contributed by atoms with van der Waals surface area (Å²) < 4.78 is 4.01. The summed E-state index contributed by atoms with van der Waals surface area (Å²) in [6.07, 6.45) is 5.24. The first kappa shape index (κ1) is 20.4. The van der Waals surface area contributed by atoms with E-state index in [2.05, 4.69) is 88.1 Å². The molecule has 3 aromatic heterocycles. The Hall–Kier alpha value is -3.52. The molecule has 4 heterocycles. The van der Waals surface area contributed by atoms with Gasteiger partial charge in [0.2, 0.25) is 0 Å². The minimum atomic E-state index is -0.0832. The molecule has 0 spiro atoms. The highest BCUT2D eigenvalue weighted by molar-refractivity contribution is 7.80. The van der Waals surface area contributed by atoms with Gasteiger partial charge in [-0.2, -0.15) is 0 Å². The van der Waals surface area contributed by atoms with Crippen LogP contribution in [0.3, 0.4) is 0 Å². The number of thiocarbonyl (C=S) groups is 1. The van der Waals surface area contributed by atoms with Gasteiger partial charge in [-0.05, 0) is 81.4 Å². The number of benzene rings is 1. The summed E-state index contributed by atoms with van der Waals surface area (Å²) in [6.45, 7) is 8.47. The van der Waals surface area contributed by atoms with Crippen molar-refractivity contribution in [3.63, 3.8) is 0 Å². The van der Waals surface area contributed by atoms with Gasteiger partial charge in [0.1, 0.15) is 12.7 Å². The molecule has 0 radical (unpaired) electrons. The van der Waals surface area contributed by atoms with E-state index in [0.29, 0.717) is 5.11 Å². The summed E-state index contributed by atoms with van der Waals surface area (Å²) in [4.78, 5) is 6.88. The molecule has 1 aliphatic heterocycles. The normalized spacial score (nSPS) is 18.2. The van der Waals surface area contributed by atoms with Gasteiger partial charge < -0.3 is 10.2 Å². The summed E-state index contributed by atoms with van der Waals surface area (Å²) in [7, 11) is 0. The quantitative estimate of drug-likeness (QED) is 0.477. The number of hydrogen-bond donors (Lipinski definition) is 1. The van der Waals surface area contributed by atoms with Crippen LogP contribution in [0.1, 0.15) is 45.9 Å². The molecule has 162 valence electrons. The van der Waals surface area contributed by atoms with Crippen LogP contribution in [0.5, 0.6) is 0 Å². The second-order valence-corrected chi connectivity index (χ2v) is 8.63. The predicted octanol–water partition coefficient (Wildman–Crippen LogP) is 4.20. The molecule has 1 saturated heterocycles. The molecular weight excluding hydrogens is 418 g/mol. The largest absolute Gasteiger partial charge is 0.351 e. The van der Waals surface area contributed by atoms with Gasteiger partial charge in [0.05, 0.1) is 17.8 Å². The lowest BCUT2D eigenvalue weighted by atomic mass is 9.96. The third-order valence-corrected chi connectivity index (χ3v) is 6.57. The van der Waals surface area contributed by atoms with Gasteiger partial charge in [0.25, 0.3) is 0 Å². The Morgan fingerprint density at radius 1 is 0.938 bits per heavy atom. The van der Waals surface area contributed by atoms with Crippen LogP contribution in [0.15, 0.2) is 61.3 Å². The van der Waals surface area contributed by atoms with Crippen molar-refractivity contribution in [1.29, 1.82) is 0 Å². The van der Waals surface area contributed by atoms with Crippen LogP contribution in [0.2, 0.25) is 0 Å². The van der Waals surface area contributed by atoms with Gasteiger partial charge in [-0.25, -0.2) is 4.68 Å². The molecule has 8 heteroatoms. The van der Waals surface area contributed by atoms with Crippen LogP contribution in [-0.2, 0) is 0 Å². The van der Waals surface area contributed by atoms with Gasteiger partial charge >= 0.3 is 0 Å². The number of rotatable bonds is 4. The zero-order valence-corrected chi connectivity index (χ0v) is 19.3. The first-order chi connectivity index (χ1) is 15.5. The fraction of sp³-hybridized carbons (Fsp3) is 0.250. The van der Waals surface area contributed by atoms with Crippen LogP contribution in [-0.4, -0.2) is 29.6 Å². The summed E-state index contributed by atoms with van der Waals surface area (Å²) in [5.74, 6) is 0. The smallest absolute Gasteiger partial charge is 0.174 e. The van der Waals surface area contributed by atoms with E-state index in [1.807, 2.05) is 23.0 Å². The fourth-order valence-electron chi connectivity index (χ4n) is 4.56. The average molecular weight is 444 g/mol. The summed E-state index contributed by atoms with van der Waals surface area (Å²) >= 11 is 5.87. The number of anilines is 1. The van der Waals surface area contributed by atoms with Crippen molar-refractivity contribution in [3.8, 4) is 0 Å². The monoisotopic (exact) mass is 443 g/mol. The molecule has 0 unspecified atom stereocenters. The van der Waals surface area contributed by atoms with E-state index >= 15 is 0 Å². The molecule has 4 aromatic rings. The van der Waals surface area contributed by atoms with Crippen molar-refractivity contribution in [3.05, 3.63) is 95.1 Å². The highest BCUT2D eigenvalue weighted by Crippen LogP contribution is 2.43. The SMILES string of the molecule is Cc1ccc(N2C(=S)N[C@@H](c3ccccn3)[C@H]2c2cc(C)n(-n3cnnc3)c2C)cc1C. The lowest BCUT2D eigenvalue weighted by molar-refractivity contribution is 0.557. The van der Waals surface area contributed by atoms with E-state index in [4.69, 9.17) is 12.2 Å². The van der Waals surface area contributed by atoms with Crippen molar-refractivity contribution < 1.29 is 0 Å². The maximum absolute atomic E-state index is 5.87. The molecule has 0 saturated carbocycles. The molecule has 1 fully saturated rings. The Balaban J connectivity index is 1.69. The summed E-state index contributed by atoms with van der Waals surface area (Å²) in [5, 5.41) is 12.2. The Morgan fingerprint density at radius 2 is 1.72 bits per heavy atom. The topological polar surface area (TPSA) is 63.8 Å². The number of hydrogen-bond acceptors (Lipinski definition) is 4. The molecule has 1 N–H and O–H groups in total. The second kappa shape index (κ2) is 7.87. The standard InChI is InChI=1S/C24H25N7S/c1-15-8-9-19(11-16(15)2)30-23(22(28-24(30)32)21-7-5-6-10-25-21)20-12-17(3)31(18(20)4)29-13-26-27-14-29/h5-14,22-23H,1-4H3,(H,28,32)/t22-,23+/m0/s1. The third-order valence-electron chi connectivity index (χ3n) is 6.26. The zero-order chi connectivity index (χ0) is 22.4. The van der Waals surface area contributed by atoms with Gasteiger partial charge in [0, 0.05) is 28.8 Å². The number of nitrogens with zero attached hydrogens (tertiary/aromatic N) is 6. The van der Waals surface area contributed by atoms with Gasteiger partial charge in [0.15, 0.2) is 5.11 Å². The maximum atomic E-state index is 5.87. The van der Waals surface area contributed by atoms with E-state index in [-0.39, 0.29) is 12.1 Å². The van der Waals surface area contributed by atoms with Crippen molar-refractivity contribution >= 4 is 23.0 Å². The average Bonchev–Trinajstić information content (AvgIpc) is 3.49. The highest BCUT2D eigenvalue weighted by atomic mass is 32.1. The predicted molar refractivity (Wildman–Crippen MR) is 129 cm³/mol. The van der Waals surface area contributed by atoms with E-state index in [0.717, 1.165) is 22.8 Å². The third kappa shape index (κ3) is 3.27. The van der Waals surface area contributed by atoms with Crippen molar-refractivity contribution in [2.75, 3.05) is 4.90 Å². The number of aromatic nitrogens is 5. The minimum absolute atomic E-state index is 0.0593. The molecule has 0 amide bonds. The Bertz CT molecular complexity index is 1280. The molecule has 0 bridgehead atoms. The minimum Gasteiger partial charge on any atom is -0.351 e. The van der Waals surface area contributed by atoms with E-state index < -0.39 is 0 Å². The van der Waals surface area contributed by atoms with Gasteiger partial charge in [-0.3, -0.25) is 9.66 Å². The van der Waals surface area contributed by atoms with Gasteiger partial charge in [-0.1, -0.05) is 12.1 Å². The van der Waals surface area contributed by atoms with Crippen LogP contribution in [0.25, 0.3) is 0 Å². The second-order valence-electron chi connectivity index (χ2n) is 8.25. The van der Waals surface area contributed by atoms with Crippen LogP contribution in [0.4, 0.5) is 5.69 Å². The first-order valence-electron chi connectivity index (χ1n) is 10.6. The molecule has 0 aliphatic carbocycles. The molecule has 5 rings (SSSR count). The van der Waals surface area contributed by atoms with Crippen molar-refractivity contribution in [2.45, 2.75) is 39.8 Å². The first-order valence-corrected chi connectivity index (χ1v) is 11.0. The highest BCUT2D eigenvalue weighted by Gasteiger charge is 2.42. The molecule has 1 aromatic carbocycles. The lowest BCUT2D eigenvalue weighted by Crippen LogP contribution is -2.29.